The van der Waals surface area contributed by atoms with Crippen LogP contribution in [0.5, 0.6) is 0 Å². The highest BCUT2D eigenvalue weighted by atomic mass is 16.3. The minimum atomic E-state index is -1.90. The fourth-order valence-electron chi connectivity index (χ4n) is 5.76. The van der Waals surface area contributed by atoms with Crippen molar-refractivity contribution in [2.45, 2.75) is 32.0 Å². The first kappa shape index (κ1) is 30.2. The van der Waals surface area contributed by atoms with Crippen molar-refractivity contribution >= 4 is 29.1 Å². The van der Waals surface area contributed by atoms with Crippen LogP contribution in [0.3, 0.4) is 0 Å². The van der Waals surface area contributed by atoms with Crippen LogP contribution in [0.15, 0.2) is 91.0 Å². The molecule has 0 spiro atoms. The molecule has 0 saturated carbocycles. The van der Waals surface area contributed by atoms with Crippen LogP contribution < -0.4 is 15.1 Å². The van der Waals surface area contributed by atoms with Gasteiger partial charge in [-0.1, -0.05) is 79.7 Å². The highest BCUT2D eigenvalue weighted by Crippen LogP contribution is 2.47. The van der Waals surface area contributed by atoms with Gasteiger partial charge in [-0.3, -0.25) is 14.4 Å². The lowest BCUT2D eigenvalue weighted by atomic mass is 9.82. The van der Waals surface area contributed by atoms with Gasteiger partial charge in [-0.05, 0) is 29.3 Å². The number of amides is 3. The highest BCUT2D eigenvalue weighted by molar-refractivity contribution is 6.08. The number of carbonyl (C=O) groups is 3. The molecule has 224 valence electrons. The number of nitrogens with zero attached hydrogens (tertiary/aromatic N) is 3. The van der Waals surface area contributed by atoms with Crippen molar-refractivity contribution < 1.29 is 24.6 Å². The zero-order valence-corrected chi connectivity index (χ0v) is 24.4. The van der Waals surface area contributed by atoms with Crippen molar-refractivity contribution in [2.24, 2.45) is 5.92 Å². The molecule has 3 aromatic rings. The zero-order chi connectivity index (χ0) is 30.4. The summed E-state index contributed by atoms with van der Waals surface area (Å²) < 4.78 is 0. The van der Waals surface area contributed by atoms with E-state index < -0.39 is 17.4 Å². The Hall–Kier alpha value is -4.31. The third-order valence-corrected chi connectivity index (χ3v) is 8.15. The average Bonchev–Trinajstić information content (AvgIpc) is 3.24. The third-order valence-electron chi connectivity index (χ3n) is 8.15. The van der Waals surface area contributed by atoms with Crippen LogP contribution in [0.2, 0.25) is 0 Å². The lowest BCUT2D eigenvalue weighted by Crippen LogP contribution is -2.48. The first-order valence-corrected chi connectivity index (χ1v) is 14.7. The first-order chi connectivity index (χ1) is 20.8. The maximum atomic E-state index is 14.0. The Labute approximate surface area is 252 Å². The summed E-state index contributed by atoms with van der Waals surface area (Å²) in [6, 6.07) is 24.5. The smallest absolute Gasteiger partial charge is 0.264 e. The van der Waals surface area contributed by atoms with E-state index in [4.69, 9.17) is 0 Å². The Morgan fingerprint density at radius 2 is 1.74 bits per heavy atom. The second-order valence-electron chi connectivity index (χ2n) is 11.0. The van der Waals surface area contributed by atoms with Gasteiger partial charge in [0.25, 0.3) is 5.91 Å². The highest BCUT2D eigenvalue weighted by Gasteiger charge is 2.52. The molecule has 1 fully saturated rings. The number of carbonyl (C=O) groups excluding carboxylic acids is 3. The lowest BCUT2D eigenvalue weighted by Gasteiger charge is -2.30. The molecule has 0 aliphatic carbocycles. The van der Waals surface area contributed by atoms with Crippen molar-refractivity contribution in [1.82, 2.24) is 10.2 Å². The quantitative estimate of drug-likeness (QED) is 0.300. The van der Waals surface area contributed by atoms with E-state index in [1.807, 2.05) is 66.7 Å². The molecule has 0 unspecified atom stereocenters. The number of piperazine rings is 1. The Morgan fingerprint density at radius 3 is 2.42 bits per heavy atom. The number of hydrogen-bond acceptors (Lipinski definition) is 6. The van der Waals surface area contributed by atoms with Crippen LogP contribution in [0.1, 0.15) is 30.0 Å². The maximum Gasteiger partial charge on any atom is 0.264 e. The van der Waals surface area contributed by atoms with E-state index in [1.54, 1.807) is 45.9 Å². The van der Waals surface area contributed by atoms with Crippen LogP contribution >= 0.6 is 0 Å². The van der Waals surface area contributed by atoms with E-state index >= 15 is 0 Å². The van der Waals surface area contributed by atoms with E-state index in [0.29, 0.717) is 36.6 Å². The van der Waals surface area contributed by atoms with Crippen LogP contribution in [-0.2, 0) is 33.1 Å². The molecule has 3 amide bonds. The monoisotopic (exact) mass is 582 g/mol. The van der Waals surface area contributed by atoms with Gasteiger partial charge in [-0.2, -0.15) is 0 Å². The topological polar surface area (TPSA) is 113 Å². The SMILES string of the molecule is C[C@@H](/C=C/CC(=O)N(CCO)Cc1ccccc1)[C@]1(O)C(=O)N(Cc2ccccc2)c2ccc(N3CCNCC3=O)cc21. The molecule has 2 atom stereocenters. The molecular weight excluding hydrogens is 544 g/mol. The van der Waals surface area contributed by atoms with Gasteiger partial charge in [-0.25, -0.2) is 0 Å². The van der Waals surface area contributed by atoms with Gasteiger partial charge < -0.3 is 30.2 Å². The van der Waals surface area contributed by atoms with Gasteiger partial charge >= 0.3 is 0 Å². The van der Waals surface area contributed by atoms with E-state index in [0.717, 1.165) is 11.1 Å². The summed E-state index contributed by atoms with van der Waals surface area (Å²) in [6.07, 6.45) is 3.43. The van der Waals surface area contributed by atoms with Gasteiger partial charge in [0.15, 0.2) is 5.60 Å². The van der Waals surface area contributed by atoms with Crippen LogP contribution in [0, 0.1) is 5.92 Å². The molecule has 3 aromatic carbocycles. The van der Waals surface area contributed by atoms with Gasteiger partial charge in [-0.15, -0.1) is 0 Å². The van der Waals surface area contributed by atoms with Crippen LogP contribution in [0.4, 0.5) is 11.4 Å². The van der Waals surface area contributed by atoms with Crippen molar-refractivity contribution in [2.75, 3.05) is 42.6 Å². The van der Waals surface area contributed by atoms with Crippen molar-refractivity contribution in [1.29, 1.82) is 0 Å². The third kappa shape index (κ3) is 6.39. The summed E-state index contributed by atoms with van der Waals surface area (Å²) >= 11 is 0. The Kier molecular flexibility index (Phi) is 9.35. The number of aliphatic hydroxyl groups excluding tert-OH is 1. The lowest BCUT2D eigenvalue weighted by molar-refractivity contribution is -0.139. The molecule has 2 aliphatic rings. The molecule has 0 radical (unpaired) electrons. The summed E-state index contributed by atoms with van der Waals surface area (Å²) in [4.78, 5) is 44.6. The molecule has 9 nitrogen and oxygen atoms in total. The molecule has 43 heavy (non-hydrogen) atoms. The zero-order valence-electron chi connectivity index (χ0n) is 24.4. The van der Waals surface area contributed by atoms with E-state index in [9.17, 15) is 24.6 Å². The summed E-state index contributed by atoms with van der Waals surface area (Å²) in [5, 5.41) is 24.8. The number of fused-ring (bicyclic) bond motifs is 1. The molecule has 2 aliphatic heterocycles. The standard InChI is InChI=1S/C34H38N4O5/c1-25(9-8-14-31(40)36(19-20-39)23-26-10-4-2-5-11-26)34(43)29-21-28(37-18-17-35-22-32(37)41)15-16-30(29)38(33(34)42)24-27-12-6-3-7-13-27/h2-13,15-16,21,25,35,39,43H,14,17-20,22-24H2,1H3/b9-8+/t25-,34+/m0/s1. The normalized spacial score (nSPS) is 19.1. The second kappa shape index (κ2) is 13.3. The average molecular weight is 583 g/mol. The van der Waals surface area contributed by atoms with Crippen molar-refractivity contribution in [3.63, 3.8) is 0 Å². The molecular formula is C34H38N4O5. The summed E-state index contributed by atoms with van der Waals surface area (Å²) in [5.74, 6) is -1.38. The molecule has 0 aromatic heterocycles. The molecule has 2 heterocycles. The number of aliphatic hydroxyl groups is 2. The fourth-order valence-corrected chi connectivity index (χ4v) is 5.76. The Balaban J connectivity index is 1.40. The van der Waals surface area contributed by atoms with Crippen LogP contribution in [-0.4, -0.2) is 65.6 Å². The fraction of sp³-hybridized carbons (Fsp3) is 0.324. The predicted octanol–water partition coefficient (Wildman–Crippen LogP) is 2.96. The molecule has 5 rings (SSSR count). The van der Waals surface area contributed by atoms with Gasteiger partial charge in [0.05, 0.1) is 25.4 Å². The van der Waals surface area contributed by atoms with E-state index in [-0.39, 0.29) is 44.5 Å². The minimum Gasteiger partial charge on any atom is -0.395 e. The van der Waals surface area contributed by atoms with Gasteiger partial charge in [0, 0.05) is 49.8 Å². The number of rotatable bonds is 11. The number of hydrogen-bond donors (Lipinski definition) is 3. The summed E-state index contributed by atoms with van der Waals surface area (Å²) in [5.41, 5.74) is 1.64. The van der Waals surface area contributed by atoms with Gasteiger partial charge in [0.1, 0.15) is 0 Å². The maximum absolute atomic E-state index is 14.0. The number of benzene rings is 3. The van der Waals surface area contributed by atoms with Crippen molar-refractivity contribution in [3.05, 3.63) is 108 Å². The first-order valence-electron chi connectivity index (χ1n) is 14.7. The van der Waals surface area contributed by atoms with E-state index in [1.165, 1.54) is 0 Å². The van der Waals surface area contributed by atoms with Crippen molar-refractivity contribution in [3.8, 4) is 0 Å². The largest absolute Gasteiger partial charge is 0.395 e. The van der Waals surface area contributed by atoms with Gasteiger partial charge in [0.2, 0.25) is 11.8 Å². The molecule has 3 N–H and O–H groups in total. The second-order valence-corrected chi connectivity index (χ2v) is 11.0. The van der Waals surface area contributed by atoms with E-state index in [2.05, 4.69) is 5.32 Å². The number of nitrogens with one attached hydrogen (secondary N) is 1. The Morgan fingerprint density at radius 1 is 1.05 bits per heavy atom. The summed E-state index contributed by atoms with van der Waals surface area (Å²) in [6.45, 7) is 3.83. The predicted molar refractivity (Wildman–Crippen MR) is 165 cm³/mol. The molecule has 0 bridgehead atoms. The Bertz CT molecular complexity index is 1480. The number of anilines is 2. The minimum absolute atomic E-state index is 0.0529. The summed E-state index contributed by atoms with van der Waals surface area (Å²) in [7, 11) is 0. The molecule has 1 saturated heterocycles. The van der Waals surface area contributed by atoms with Crippen LogP contribution in [0.25, 0.3) is 0 Å². The molecule has 9 heteroatoms.